The Morgan fingerprint density at radius 2 is 1.30 bits per heavy atom. The Hall–Kier alpha value is -0.570. The lowest BCUT2D eigenvalue weighted by Crippen LogP contribution is -2.23. The van der Waals surface area contributed by atoms with Gasteiger partial charge in [0.15, 0.2) is 0 Å². The third-order valence-corrected chi connectivity index (χ3v) is 5.82. The van der Waals surface area contributed by atoms with Crippen LogP contribution in [0.15, 0.2) is 24.3 Å². The highest BCUT2D eigenvalue weighted by molar-refractivity contribution is 7.47. The number of hydrogen-bond acceptors (Lipinski definition) is 7. The van der Waals surface area contributed by atoms with Gasteiger partial charge in [-0.2, -0.15) is 0 Å². The normalized spacial score (nSPS) is 15.9. The van der Waals surface area contributed by atoms with Gasteiger partial charge in [-0.1, -0.05) is 69.8 Å². The van der Waals surface area contributed by atoms with Crippen molar-refractivity contribution in [3.05, 3.63) is 24.3 Å². The van der Waals surface area contributed by atoms with E-state index in [0.29, 0.717) is 6.61 Å². The van der Waals surface area contributed by atoms with Crippen molar-refractivity contribution in [1.82, 2.24) is 0 Å². The fourth-order valence-corrected chi connectivity index (χ4v) is 3.71. The minimum atomic E-state index is -4.39. The van der Waals surface area contributed by atoms with E-state index in [9.17, 15) is 14.6 Å². The van der Waals surface area contributed by atoms with Crippen molar-refractivity contribution >= 4 is 7.82 Å². The summed E-state index contributed by atoms with van der Waals surface area (Å²) in [5.41, 5.74) is 0. The fraction of sp³-hybridized carbons (Fsp3) is 0.833. The van der Waals surface area contributed by atoms with Crippen molar-refractivity contribution in [1.29, 1.82) is 0 Å². The number of aliphatic hydroxyl groups is 3. The van der Waals surface area contributed by atoms with Crippen molar-refractivity contribution < 1.29 is 38.6 Å². The number of hydrogen-bond donors (Lipinski definition) is 4. The smallest absolute Gasteiger partial charge is 0.394 e. The number of unbranched alkanes of at least 4 members (excludes halogenated alkanes) is 9. The van der Waals surface area contributed by atoms with Gasteiger partial charge in [0.2, 0.25) is 0 Å². The van der Waals surface area contributed by atoms with E-state index in [4.69, 9.17) is 14.9 Å². The Kier molecular flexibility index (Phi) is 22.8. The largest absolute Gasteiger partial charge is 0.472 e. The van der Waals surface area contributed by atoms with Crippen LogP contribution in [0.5, 0.6) is 0 Å². The summed E-state index contributed by atoms with van der Waals surface area (Å²) < 4.78 is 26.0. The Labute approximate surface area is 200 Å². The first-order chi connectivity index (χ1) is 15.9. The van der Waals surface area contributed by atoms with E-state index in [0.717, 1.165) is 32.1 Å². The van der Waals surface area contributed by atoms with Gasteiger partial charge in [-0.3, -0.25) is 9.05 Å². The quantitative estimate of drug-likeness (QED) is 0.0867. The van der Waals surface area contributed by atoms with Crippen LogP contribution < -0.4 is 0 Å². The van der Waals surface area contributed by atoms with Crippen LogP contribution in [0.2, 0.25) is 0 Å². The molecule has 0 radical (unpaired) electrons. The molecule has 9 heteroatoms. The van der Waals surface area contributed by atoms with Crippen LogP contribution in [-0.4, -0.2) is 65.5 Å². The molecule has 0 aliphatic rings. The summed E-state index contributed by atoms with van der Waals surface area (Å²) in [6.45, 7) is 1.19. The number of allylic oxidation sites excluding steroid dienone is 4. The first-order valence-electron chi connectivity index (χ1n) is 12.4. The second-order valence-corrected chi connectivity index (χ2v) is 9.66. The Balaban J connectivity index is 3.45. The summed E-state index contributed by atoms with van der Waals surface area (Å²) in [6, 6.07) is 0. The summed E-state index contributed by atoms with van der Waals surface area (Å²) >= 11 is 0. The molecule has 0 heterocycles. The number of ether oxygens (including phenoxy) is 1. The molecule has 3 unspecified atom stereocenters. The highest BCUT2D eigenvalue weighted by atomic mass is 31.2. The minimum Gasteiger partial charge on any atom is -0.394 e. The molecule has 196 valence electrons. The highest BCUT2D eigenvalue weighted by Gasteiger charge is 2.24. The molecule has 3 atom stereocenters. The third-order valence-electron chi connectivity index (χ3n) is 4.87. The molecular weight excluding hydrogens is 447 g/mol. The van der Waals surface area contributed by atoms with E-state index in [2.05, 4.69) is 40.3 Å². The molecule has 0 aromatic rings. The molecule has 0 aromatic heterocycles. The minimum absolute atomic E-state index is 0.000468. The Morgan fingerprint density at radius 3 is 1.91 bits per heavy atom. The van der Waals surface area contributed by atoms with E-state index < -0.39 is 39.9 Å². The predicted molar refractivity (Wildman–Crippen MR) is 131 cm³/mol. The zero-order valence-electron chi connectivity index (χ0n) is 20.4. The molecule has 0 spiro atoms. The lowest BCUT2D eigenvalue weighted by atomic mass is 10.1. The van der Waals surface area contributed by atoms with Crippen LogP contribution in [0.3, 0.4) is 0 Å². The van der Waals surface area contributed by atoms with Crippen molar-refractivity contribution in [3.8, 4) is 0 Å². The molecule has 0 aliphatic heterocycles. The molecule has 0 bridgehead atoms. The van der Waals surface area contributed by atoms with Crippen LogP contribution in [-0.2, 0) is 18.3 Å². The van der Waals surface area contributed by atoms with Crippen LogP contribution in [0.25, 0.3) is 0 Å². The van der Waals surface area contributed by atoms with Crippen LogP contribution >= 0.6 is 7.82 Å². The van der Waals surface area contributed by atoms with Crippen molar-refractivity contribution in [2.24, 2.45) is 0 Å². The number of phosphoric ester groups is 1. The van der Waals surface area contributed by atoms with Gasteiger partial charge < -0.3 is 24.9 Å². The maximum atomic E-state index is 11.5. The standard InChI is InChI=1S/C24H47O8P/c1-2-3-4-5-6-7-8-9-10-11-12-13-14-15-16-17-18-30-20-24(27)22-32-33(28,29)31-21-23(26)19-25/h6-7,9-10,23-27H,2-5,8,11-22H2,1H3,(H,28,29)/b7-6-,10-9-. The zero-order chi connectivity index (χ0) is 24.6. The van der Waals surface area contributed by atoms with Gasteiger partial charge in [-0.05, 0) is 38.5 Å². The molecule has 0 amide bonds. The summed E-state index contributed by atoms with van der Waals surface area (Å²) in [7, 11) is -4.39. The third kappa shape index (κ3) is 24.4. The molecule has 0 rings (SSSR count). The molecule has 0 aliphatic carbocycles. The number of phosphoric acid groups is 1. The molecule has 0 aromatic carbocycles. The molecule has 4 N–H and O–H groups in total. The molecule has 0 fully saturated rings. The second-order valence-electron chi connectivity index (χ2n) is 8.21. The second kappa shape index (κ2) is 23.2. The predicted octanol–water partition coefficient (Wildman–Crippen LogP) is 4.66. The summed E-state index contributed by atoms with van der Waals surface area (Å²) in [4.78, 5) is 9.40. The van der Waals surface area contributed by atoms with Gasteiger partial charge in [0.25, 0.3) is 0 Å². The Bertz CT molecular complexity index is 527. The van der Waals surface area contributed by atoms with E-state index in [1.54, 1.807) is 0 Å². The van der Waals surface area contributed by atoms with Crippen LogP contribution in [0.4, 0.5) is 0 Å². The number of rotatable bonds is 24. The molecule has 0 saturated carbocycles. The molecule has 8 nitrogen and oxygen atoms in total. The van der Waals surface area contributed by atoms with Gasteiger partial charge in [0.05, 0.1) is 26.4 Å². The first kappa shape index (κ1) is 32.4. The maximum absolute atomic E-state index is 11.5. The van der Waals surface area contributed by atoms with Crippen LogP contribution in [0.1, 0.15) is 84.0 Å². The monoisotopic (exact) mass is 494 g/mol. The molecular formula is C24H47O8P. The van der Waals surface area contributed by atoms with Crippen molar-refractivity contribution in [2.75, 3.05) is 33.0 Å². The average Bonchev–Trinajstić information content (AvgIpc) is 2.80. The Morgan fingerprint density at radius 1 is 0.758 bits per heavy atom. The van der Waals surface area contributed by atoms with Gasteiger partial charge in [0, 0.05) is 6.61 Å². The van der Waals surface area contributed by atoms with Gasteiger partial charge >= 0.3 is 7.82 Å². The lowest BCUT2D eigenvalue weighted by molar-refractivity contribution is -0.00437. The van der Waals surface area contributed by atoms with E-state index in [1.807, 2.05) is 0 Å². The van der Waals surface area contributed by atoms with E-state index in [1.165, 1.54) is 44.9 Å². The average molecular weight is 495 g/mol. The highest BCUT2D eigenvalue weighted by Crippen LogP contribution is 2.43. The molecule has 0 saturated heterocycles. The van der Waals surface area contributed by atoms with Crippen molar-refractivity contribution in [3.63, 3.8) is 0 Å². The summed E-state index contributed by atoms with van der Waals surface area (Å²) in [6.07, 6.45) is 20.8. The molecule has 33 heavy (non-hydrogen) atoms. The van der Waals surface area contributed by atoms with Gasteiger partial charge in [-0.25, -0.2) is 4.57 Å². The lowest BCUT2D eigenvalue weighted by Gasteiger charge is -2.16. The SMILES string of the molecule is CCCCC/C=C\C/C=C\CCCCCCCCOCC(O)COP(=O)(O)OCC(O)CO. The van der Waals surface area contributed by atoms with Gasteiger partial charge in [0.1, 0.15) is 12.2 Å². The maximum Gasteiger partial charge on any atom is 0.472 e. The zero-order valence-corrected chi connectivity index (χ0v) is 21.2. The van der Waals surface area contributed by atoms with Crippen molar-refractivity contribution in [2.45, 2.75) is 96.2 Å². The first-order valence-corrected chi connectivity index (χ1v) is 13.9. The summed E-state index contributed by atoms with van der Waals surface area (Å²) in [5.74, 6) is 0. The van der Waals surface area contributed by atoms with Gasteiger partial charge in [-0.15, -0.1) is 0 Å². The summed E-state index contributed by atoms with van der Waals surface area (Å²) in [5, 5.41) is 27.4. The van der Waals surface area contributed by atoms with Crippen LogP contribution in [0, 0.1) is 0 Å². The number of aliphatic hydroxyl groups excluding tert-OH is 3. The van der Waals surface area contributed by atoms with E-state index in [-0.39, 0.29) is 6.61 Å². The fourth-order valence-electron chi connectivity index (χ4n) is 2.91. The van der Waals surface area contributed by atoms with E-state index >= 15 is 0 Å². The topological polar surface area (TPSA) is 126 Å².